The number of aromatic amines is 1. The molecule has 0 radical (unpaired) electrons. The van der Waals surface area contributed by atoms with Gasteiger partial charge in [-0.1, -0.05) is 24.3 Å². The Morgan fingerprint density at radius 3 is 1.94 bits per heavy atom. The molecule has 0 aliphatic rings. The first-order chi connectivity index (χ1) is 16.7. The fraction of sp³-hybridized carbons (Fsp3) is 0.190. The van der Waals surface area contributed by atoms with E-state index in [0.717, 1.165) is 17.5 Å². The second-order valence-electron chi connectivity index (χ2n) is 6.46. The van der Waals surface area contributed by atoms with Gasteiger partial charge in [-0.25, -0.2) is 14.6 Å². The van der Waals surface area contributed by atoms with E-state index in [-0.39, 0.29) is 5.91 Å². The molecule has 3 rings (SSSR count). The molecule has 2 aromatic heterocycles. The van der Waals surface area contributed by atoms with E-state index in [1.165, 1.54) is 0 Å². The summed E-state index contributed by atoms with van der Waals surface area (Å²) < 4.78 is 63.5. The fourth-order valence-corrected chi connectivity index (χ4v) is 2.26. The maximum Gasteiger partial charge on any atom is 0.490 e. The summed E-state index contributed by atoms with van der Waals surface area (Å²) in [5, 5.41) is 17.2. The smallest absolute Gasteiger partial charge is 0.475 e. The number of nitrogens with one attached hydrogen (secondary N) is 2. The summed E-state index contributed by atoms with van der Waals surface area (Å²) in [5.41, 5.74) is 2.51. The molecule has 0 unspecified atom stereocenters. The van der Waals surface area contributed by atoms with E-state index in [1.807, 2.05) is 36.5 Å². The largest absolute Gasteiger partial charge is 0.490 e. The van der Waals surface area contributed by atoms with Crippen LogP contribution in [-0.4, -0.2) is 61.9 Å². The standard InChI is InChI=1S/C17H16N4O.2C2HF3O2/c22-17(21-9-7-13-4-3-8-18-12-13)15-6-2-1-5-14(15)16-19-10-11-20-16;2*3-2(4,5)1(6)7/h1-6,8,10-12H,7,9H2,(H,19,20)(H,21,22);2*(H,6,7). The van der Waals surface area contributed by atoms with Crippen molar-refractivity contribution in [1.82, 2.24) is 20.3 Å². The van der Waals surface area contributed by atoms with Crippen LogP contribution in [0.1, 0.15) is 15.9 Å². The van der Waals surface area contributed by atoms with Gasteiger partial charge in [-0.15, -0.1) is 0 Å². The number of nitrogens with zero attached hydrogens (tertiary/aromatic N) is 2. The molecule has 1 aromatic carbocycles. The van der Waals surface area contributed by atoms with Gasteiger partial charge < -0.3 is 20.5 Å². The number of pyridine rings is 1. The minimum Gasteiger partial charge on any atom is -0.475 e. The van der Waals surface area contributed by atoms with Crippen molar-refractivity contribution in [1.29, 1.82) is 0 Å². The van der Waals surface area contributed by atoms with Crippen molar-refractivity contribution in [2.24, 2.45) is 0 Å². The lowest BCUT2D eigenvalue weighted by Crippen LogP contribution is -2.26. The number of aliphatic carboxylic acids is 2. The van der Waals surface area contributed by atoms with Gasteiger partial charge in [0, 0.05) is 36.9 Å². The van der Waals surface area contributed by atoms with E-state index in [9.17, 15) is 31.1 Å². The number of carboxylic acids is 2. The lowest BCUT2D eigenvalue weighted by molar-refractivity contribution is -0.193. The second-order valence-corrected chi connectivity index (χ2v) is 6.46. The Morgan fingerprint density at radius 1 is 0.889 bits per heavy atom. The Labute approximate surface area is 198 Å². The number of carbonyl (C=O) groups excluding carboxylic acids is 1. The molecule has 2 heterocycles. The molecule has 4 N–H and O–H groups in total. The monoisotopic (exact) mass is 520 g/mol. The second kappa shape index (κ2) is 13.5. The Hall–Kier alpha value is -4.43. The molecule has 0 saturated carbocycles. The van der Waals surface area contributed by atoms with Gasteiger partial charge in [0.15, 0.2) is 0 Å². The predicted molar refractivity (Wildman–Crippen MR) is 112 cm³/mol. The molecular weight excluding hydrogens is 502 g/mol. The number of aromatic nitrogens is 3. The molecule has 3 aromatic rings. The molecular formula is C21H18F6N4O5. The zero-order valence-electron chi connectivity index (χ0n) is 18.0. The third-order valence-corrected chi connectivity index (χ3v) is 3.83. The molecule has 9 nitrogen and oxygen atoms in total. The first kappa shape index (κ1) is 29.6. The highest BCUT2D eigenvalue weighted by Gasteiger charge is 2.38. The van der Waals surface area contributed by atoms with Crippen molar-refractivity contribution in [2.45, 2.75) is 18.8 Å². The zero-order chi connectivity index (χ0) is 27.4. The Morgan fingerprint density at radius 2 is 1.47 bits per heavy atom. The minimum atomic E-state index is -5.08. The lowest BCUT2D eigenvalue weighted by atomic mass is 10.1. The number of hydrogen-bond donors (Lipinski definition) is 4. The summed E-state index contributed by atoms with van der Waals surface area (Å²) in [6.07, 6.45) is -2.45. The van der Waals surface area contributed by atoms with Crippen LogP contribution in [0.5, 0.6) is 0 Å². The van der Waals surface area contributed by atoms with E-state index in [2.05, 4.69) is 20.3 Å². The number of carbonyl (C=O) groups is 3. The molecule has 0 fully saturated rings. The average Bonchev–Trinajstić information content (AvgIpc) is 3.34. The summed E-state index contributed by atoms with van der Waals surface area (Å²) >= 11 is 0. The van der Waals surface area contributed by atoms with Gasteiger partial charge in [-0.05, 0) is 24.1 Å². The number of benzene rings is 1. The van der Waals surface area contributed by atoms with Gasteiger partial charge in [0.2, 0.25) is 0 Å². The molecule has 0 spiro atoms. The number of alkyl halides is 6. The van der Waals surface area contributed by atoms with Crippen molar-refractivity contribution in [2.75, 3.05) is 6.54 Å². The highest BCUT2D eigenvalue weighted by atomic mass is 19.4. The number of hydrogen-bond acceptors (Lipinski definition) is 5. The summed E-state index contributed by atoms with van der Waals surface area (Å²) in [6.45, 7) is 0.566. The van der Waals surface area contributed by atoms with Crippen LogP contribution in [0.3, 0.4) is 0 Å². The van der Waals surface area contributed by atoms with Crippen molar-refractivity contribution in [3.8, 4) is 11.4 Å². The fourth-order valence-electron chi connectivity index (χ4n) is 2.26. The Kier molecular flexibility index (Phi) is 11.1. The van der Waals surface area contributed by atoms with Gasteiger partial charge >= 0.3 is 24.3 Å². The van der Waals surface area contributed by atoms with Crippen molar-refractivity contribution < 1.29 is 50.9 Å². The molecule has 0 bridgehead atoms. The van der Waals surface area contributed by atoms with Crippen LogP contribution in [-0.2, 0) is 16.0 Å². The highest BCUT2D eigenvalue weighted by Crippen LogP contribution is 2.19. The number of imidazole rings is 1. The molecule has 0 saturated heterocycles. The third kappa shape index (κ3) is 10.7. The summed E-state index contributed by atoms with van der Waals surface area (Å²) in [4.78, 5) is 41.5. The van der Waals surface area contributed by atoms with Crippen LogP contribution < -0.4 is 5.32 Å². The number of halogens is 6. The first-order valence-electron chi connectivity index (χ1n) is 9.59. The normalized spacial score (nSPS) is 10.7. The van der Waals surface area contributed by atoms with Crippen LogP contribution in [0.15, 0.2) is 61.2 Å². The summed E-state index contributed by atoms with van der Waals surface area (Å²) in [6, 6.07) is 11.3. The molecule has 1 amide bonds. The summed E-state index contributed by atoms with van der Waals surface area (Å²) in [7, 11) is 0. The Bertz CT molecular complexity index is 1100. The Balaban J connectivity index is 0.000000383. The molecule has 0 atom stereocenters. The number of H-pyrrole nitrogens is 1. The topological polar surface area (TPSA) is 145 Å². The van der Waals surface area contributed by atoms with Crippen molar-refractivity contribution in [3.05, 3.63) is 72.3 Å². The summed E-state index contributed by atoms with van der Waals surface area (Å²) in [5.74, 6) is -4.92. The van der Waals surface area contributed by atoms with Gasteiger partial charge in [0.1, 0.15) is 5.82 Å². The number of amides is 1. The zero-order valence-corrected chi connectivity index (χ0v) is 18.0. The van der Waals surface area contributed by atoms with E-state index in [1.54, 1.807) is 24.7 Å². The van der Waals surface area contributed by atoms with Crippen molar-refractivity contribution in [3.63, 3.8) is 0 Å². The van der Waals surface area contributed by atoms with E-state index in [0.29, 0.717) is 17.9 Å². The molecule has 36 heavy (non-hydrogen) atoms. The quantitative estimate of drug-likeness (QED) is 0.375. The average molecular weight is 520 g/mol. The maximum absolute atomic E-state index is 12.4. The molecule has 0 aliphatic heterocycles. The van der Waals surface area contributed by atoms with Gasteiger partial charge in [-0.2, -0.15) is 26.3 Å². The minimum absolute atomic E-state index is 0.101. The van der Waals surface area contributed by atoms with Gasteiger partial charge in [0.05, 0.1) is 5.56 Å². The van der Waals surface area contributed by atoms with Crippen molar-refractivity contribution >= 4 is 17.8 Å². The number of carboxylic acid groups (broad SMARTS) is 2. The molecule has 194 valence electrons. The highest BCUT2D eigenvalue weighted by molar-refractivity contribution is 6.00. The van der Waals surface area contributed by atoms with E-state index in [4.69, 9.17) is 19.8 Å². The predicted octanol–water partition coefficient (Wildman–Crippen LogP) is 3.71. The maximum atomic E-state index is 12.4. The molecule has 0 aliphatic carbocycles. The van der Waals surface area contributed by atoms with Crippen LogP contribution in [0.4, 0.5) is 26.3 Å². The van der Waals surface area contributed by atoms with E-state index < -0.39 is 24.3 Å². The van der Waals surface area contributed by atoms with Crippen LogP contribution in [0, 0.1) is 0 Å². The van der Waals surface area contributed by atoms with Crippen LogP contribution in [0.2, 0.25) is 0 Å². The number of rotatable bonds is 5. The van der Waals surface area contributed by atoms with Crippen LogP contribution >= 0.6 is 0 Å². The third-order valence-electron chi connectivity index (χ3n) is 3.83. The SMILES string of the molecule is O=C(NCCc1cccnc1)c1ccccc1-c1ncc[nH]1.O=C(O)C(F)(F)F.O=C(O)C(F)(F)F. The van der Waals surface area contributed by atoms with Gasteiger partial charge in [-0.3, -0.25) is 9.78 Å². The van der Waals surface area contributed by atoms with Gasteiger partial charge in [0.25, 0.3) is 5.91 Å². The molecule has 15 heteroatoms. The van der Waals surface area contributed by atoms with Crippen LogP contribution in [0.25, 0.3) is 11.4 Å². The lowest BCUT2D eigenvalue weighted by Gasteiger charge is -2.08. The first-order valence-corrected chi connectivity index (χ1v) is 9.59. The van der Waals surface area contributed by atoms with E-state index >= 15 is 0 Å².